The molecule has 3 rings (SSSR count). The summed E-state index contributed by atoms with van der Waals surface area (Å²) in [5.41, 5.74) is 2.48. The molecule has 0 aliphatic heterocycles. The topological polar surface area (TPSA) is 70.7 Å². The third kappa shape index (κ3) is 3.11. The number of nitrogens with zero attached hydrogens (tertiary/aromatic N) is 2. The first kappa shape index (κ1) is 13.8. The SMILES string of the molecule is O=C(NCCc1nc2ccccc2[nH]1)c1cccnc1Br. The number of carbonyl (C=O) groups excluding carboxylic acids is 1. The fourth-order valence-corrected chi connectivity index (χ4v) is 2.50. The van der Waals surface area contributed by atoms with Gasteiger partial charge in [0, 0.05) is 19.2 Å². The number of aromatic nitrogens is 3. The molecule has 0 aliphatic carbocycles. The van der Waals surface area contributed by atoms with Crippen LogP contribution in [0.15, 0.2) is 47.2 Å². The van der Waals surface area contributed by atoms with Gasteiger partial charge in [-0.1, -0.05) is 12.1 Å². The van der Waals surface area contributed by atoms with Crippen molar-refractivity contribution in [2.45, 2.75) is 6.42 Å². The van der Waals surface area contributed by atoms with Crippen LogP contribution in [-0.4, -0.2) is 27.4 Å². The van der Waals surface area contributed by atoms with Gasteiger partial charge in [0.25, 0.3) is 5.91 Å². The van der Waals surface area contributed by atoms with Crippen LogP contribution in [0.3, 0.4) is 0 Å². The summed E-state index contributed by atoms with van der Waals surface area (Å²) in [6.07, 6.45) is 2.29. The van der Waals surface area contributed by atoms with Crippen molar-refractivity contribution < 1.29 is 4.79 Å². The average Bonchev–Trinajstić information content (AvgIpc) is 2.90. The van der Waals surface area contributed by atoms with E-state index < -0.39 is 0 Å². The van der Waals surface area contributed by atoms with Crippen LogP contribution in [0, 0.1) is 0 Å². The first-order valence-corrected chi connectivity index (χ1v) is 7.35. The van der Waals surface area contributed by atoms with Gasteiger partial charge in [-0.15, -0.1) is 0 Å². The third-order valence-electron chi connectivity index (χ3n) is 3.09. The Morgan fingerprint density at radius 2 is 2.10 bits per heavy atom. The predicted molar refractivity (Wildman–Crippen MR) is 84.1 cm³/mol. The van der Waals surface area contributed by atoms with Gasteiger partial charge in [-0.2, -0.15) is 0 Å². The van der Waals surface area contributed by atoms with Crippen molar-refractivity contribution in [3.63, 3.8) is 0 Å². The van der Waals surface area contributed by atoms with Crippen molar-refractivity contribution in [3.8, 4) is 0 Å². The second kappa shape index (κ2) is 6.05. The Labute approximate surface area is 129 Å². The highest BCUT2D eigenvalue weighted by Gasteiger charge is 2.10. The van der Waals surface area contributed by atoms with E-state index in [0.717, 1.165) is 16.9 Å². The molecule has 0 saturated carbocycles. The predicted octanol–water partition coefficient (Wildman–Crippen LogP) is 2.69. The molecule has 1 aromatic carbocycles. The minimum atomic E-state index is -0.147. The molecule has 2 aromatic heterocycles. The number of rotatable bonds is 4. The minimum Gasteiger partial charge on any atom is -0.352 e. The van der Waals surface area contributed by atoms with Crippen molar-refractivity contribution in [1.82, 2.24) is 20.3 Å². The Balaban J connectivity index is 1.61. The molecular formula is C15H13BrN4O. The van der Waals surface area contributed by atoms with Crippen LogP contribution in [0.1, 0.15) is 16.2 Å². The summed E-state index contributed by atoms with van der Waals surface area (Å²) in [7, 11) is 0. The van der Waals surface area contributed by atoms with Gasteiger partial charge in [-0.25, -0.2) is 9.97 Å². The van der Waals surface area contributed by atoms with Crippen LogP contribution in [-0.2, 0) is 6.42 Å². The maximum absolute atomic E-state index is 12.0. The molecule has 0 atom stereocenters. The summed E-state index contributed by atoms with van der Waals surface area (Å²) in [6, 6.07) is 11.3. The van der Waals surface area contributed by atoms with Gasteiger partial charge >= 0.3 is 0 Å². The zero-order valence-electron chi connectivity index (χ0n) is 11.1. The average molecular weight is 345 g/mol. The highest BCUT2D eigenvalue weighted by Crippen LogP contribution is 2.12. The first-order valence-electron chi connectivity index (χ1n) is 6.56. The van der Waals surface area contributed by atoms with E-state index in [1.807, 2.05) is 24.3 Å². The summed E-state index contributed by atoms with van der Waals surface area (Å²) in [5.74, 6) is 0.716. The molecule has 6 heteroatoms. The monoisotopic (exact) mass is 344 g/mol. The molecule has 0 unspecified atom stereocenters. The minimum absolute atomic E-state index is 0.147. The molecule has 2 N–H and O–H groups in total. The normalized spacial score (nSPS) is 10.7. The van der Waals surface area contributed by atoms with Crippen LogP contribution in [0.4, 0.5) is 0 Å². The quantitative estimate of drug-likeness (QED) is 0.715. The highest BCUT2D eigenvalue weighted by atomic mass is 79.9. The van der Waals surface area contributed by atoms with Crippen molar-refractivity contribution in [2.24, 2.45) is 0 Å². The Hall–Kier alpha value is -2.21. The van der Waals surface area contributed by atoms with E-state index in [-0.39, 0.29) is 5.91 Å². The Kier molecular flexibility index (Phi) is 3.96. The summed E-state index contributed by atoms with van der Waals surface area (Å²) in [6.45, 7) is 0.514. The summed E-state index contributed by atoms with van der Waals surface area (Å²) in [5, 5.41) is 2.86. The largest absolute Gasteiger partial charge is 0.352 e. The van der Waals surface area contributed by atoms with Gasteiger partial charge in [-0.3, -0.25) is 4.79 Å². The number of hydrogen-bond donors (Lipinski definition) is 2. The highest BCUT2D eigenvalue weighted by molar-refractivity contribution is 9.10. The number of para-hydroxylation sites is 2. The van der Waals surface area contributed by atoms with E-state index in [2.05, 4.69) is 36.2 Å². The van der Waals surface area contributed by atoms with E-state index in [1.165, 1.54) is 0 Å². The lowest BCUT2D eigenvalue weighted by atomic mass is 10.2. The zero-order valence-corrected chi connectivity index (χ0v) is 12.7. The fraction of sp³-hybridized carbons (Fsp3) is 0.133. The molecule has 2 heterocycles. The molecule has 0 aliphatic rings. The number of amides is 1. The molecule has 0 saturated heterocycles. The van der Waals surface area contributed by atoms with Crippen molar-refractivity contribution in [1.29, 1.82) is 0 Å². The number of pyridine rings is 1. The van der Waals surface area contributed by atoms with E-state index in [9.17, 15) is 4.79 Å². The van der Waals surface area contributed by atoms with Crippen LogP contribution < -0.4 is 5.32 Å². The Morgan fingerprint density at radius 3 is 2.90 bits per heavy atom. The van der Waals surface area contributed by atoms with Crippen LogP contribution in [0.2, 0.25) is 0 Å². The number of aromatic amines is 1. The van der Waals surface area contributed by atoms with Crippen LogP contribution in [0.25, 0.3) is 11.0 Å². The van der Waals surface area contributed by atoms with Crippen LogP contribution >= 0.6 is 15.9 Å². The molecular weight excluding hydrogens is 332 g/mol. The molecule has 21 heavy (non-hydrogen) atoms. The lowest BCUT2D eigenvalue weighted by Crippen LogP contribution is -2.26. The number of imidazole rings is 1. The second-order valence-corrected chi connectivity index (χ2v) is 5.30. The van der Waals surface area contributed by atoms with E-state index in [4.69, 9.17) is 0 Å². The molecule has 3 aromatic rings. The maximum atomic E-state index is 12.0. The summed E-state index contributed by atoms with van der Waals surface area (Å²) >= 11 is 3.27. The molecule has 0 bridgehead atoms. The fourth-order valence-electron chi connectivity index (χ4n) is 2.07. The van der Waals surface area contributed by atoms with Gasteiger partial charge in [-0.05, 0) is 40.2 Å². The van der Waals surface area contributed by atoms with Crippen molar-refractivity contribution in [3.05, 3.63) is 58.6 Å². The van der Waals surface area contributed by atoms with Crippen molar-refractivity contribution in [2.75, 3.05) is 6.54 Å². The number of carbonyl (C=O) groups is 1. The van der Waals surface area contributed by atoms with E-state index in [1.54, 1.807) is 18.3 Å². The number of hydrogen-bond acceptors (Lipinski definition) is 3. The zero-order chi connectivity index (χ0) is 14.7. The molecule has 1 amide bonds. The van der Waals surface area contributed by atoms with Crippen LogP contribution in [0.5, 0.6) is 0 Å². The number of nitrogens with one attached hydrogen (secondary N) is 2. The van der Waals surface area contributed by atoms with Gasteiger partial charge < -0.3 is 10.3 Å². The Bertz CT molecular complexity index is 751. The molecule has 5 nitrogen and oxygen atoms in total. The Morgan fingerprint density at radius 1 is 1.24 bits per heavy atom. The molecule has 0 radical (unpaired) electrons. The standard InChI is InChI=1S/C15H13BrN4O/c16-14-10(4-3-8-17-14)15(21)18-9-7-13-19-11-5-1-2-6-12(11)20-13/h1-6,8H,7,9H2,(H,18,21)(H,19,20). The van der Waals surface area contributed by atoms with E-state index in [0.29, 0.717) is 23.1 Å². The number of H-pyrrole nitrogens is 1. The maximum Gasteiger partial charge on any atom is 0.254 e. The number of fused-ring (bicyclic) bond motifs is 1. The summed E-state index contributed by atoms with van der Waals surface area (Å²) < 4.78 is 0.547. The van der Waals surface area contributed by atoms with Gasteiger partial charge in [0.1, 0.15) is 10.4 Å². The first-order chi connectivity index (χ1) is 10.2. The molecule has 0 fully saturated rings. The molecule has 106 valence electrons. The third-order valence-corrected chi connectivity index (χ3v) is 3.72. The summed E-state index contributed by atoms with van der Waals surface area (Å²) in [4.78, 5) is 23.8. The van der Waals surface area contributed by atoms with Gasteiger partial charge in [0.15, 0.2) is 0 Å². The lowest BCUT2D eigenvalue weighted by Gasteiger charge is -2.05. The van der Waals surface area contributed by atoms with Gasteiger partial charge in [0.2, 0.25) is 0 Å². The molecule has 0 spiro atoms. The van der Waals surface area contributed by atoms with E-state index >= 15 is 0 Å². The van der Waals surface area contributed by atoms with Crippen molar-refractivity contribution >= 4 is 32.9 Å². The van der Waals surface area contributed by atoms with Gasteiger partial charge in [0.05, 0.1) is 16.6 Å². The lowest BCUT2D eigenvalue weighted by molar-refractivity contribution is 0.0953. The number of halogens is 1. The smallest absolute Gasteiger partial charge is 0.254 e. The number of benzene rings is 1. The second-order valence-electron chi connectivity index (χ2n) is 4.55.